The summed E-state index contributed by atoms with van der Waals surface area (Å²) in [7, 11) is -1.89. The fourth-order valence-corrected chi connectivity index (χ4v) is 2.51. The van der Waals surface area contributed by atoms with Crippen molar-refractivity contribution in [2.75, 3.05) is 0 Å². The summed E-state index contributed by atoms with van der Waals surface area (Å²) in [4.78, 5) is 11.1. The van der Waals surface area contributed by atoms with E-state index >= 15 is 0 Å². The molecule has 0 saturated heterocycles. The Morgan fingerprint density at radius 2 is 2.00 bits per heavy atom. The van der Waals surface area contributed by atoms with Crippen LogP contribution in [0.15, 0.2) is 11.8 Å². The van der Waals surface area contributed by atoms with Gasteiger partial charge in [-0.15, -0.1) is 0 Å². The molecule has 0 saturated carbocycles. The van der Waals surface area contributed by atoms with E-state index in [9.17, 15) is 9.90 Å². The second-order valence-electron chi connectivity index (χ2n) is 5.61. The molecule has 0 bridgehead atoms. The van der Waals surface area contributed by atoms with Crippen molar-refractivity contribution in [3.63, 3.8) is 0 Å². The van der Waals surface area contributed by atoms with Gasteiger partial charge in [-0.1, -0.05) is 20.8 Å². The van der Waals surface area contributed by atoms with Crippen LogP contribution in [0.2, 0.25) is 18.1 Å². The summed E-state index contributed by atoms with van der Waals surface area (Å²) in [5.74, 6) is 0.0426. The van der Waals surface area contributed by atoms with Crippen molar-refractivity contribution in [3.8, 4) is 0 Å². The highest BCUT2D eigenvalue weighted by Crippen LogP contribution is 2.38. The van der Waals surface area contributed by atoms with E-state index in [0.29, 0.717) is 6.42 Å². The molecule has 1 atom stereocenters. The Balaban J connectivity index is 2.72. The highest BCUT2D eigenvalue weighted by molar-refractivity contribution is 6.74. The minimum absolute atomic E-state index is 0.0452. The summed E-state index contributed by atoms with van der Waals surface area (Å²) in [5.41, 5.74) is 0. The lowest BCUT2D eigenvalue weighted by atomic mass is 10.2. The first-order valence-electron chi connectivity index (χ1n) is 5.25. The molecular formula is C11H20O3Si. The van der Waals surface area contributed by atoms with Crippen molar-refractivity contribution in [2.24, 2.45) is 0 Å². The molecular weight excluding hydrogens is 208 g/mol. The number of aliphatic hydroxyl groups is 1. The third-order valence-corrected chi connectivity index (χ3v) is 7.75. The van der Waals surface area contributed by atoms with Gasteiger partial charge in [-0.25, -0.2) is 0 Å². The molecule has 1 rings (SSSR count). The standard InChI is InChI=1S/C11H20O3Si/c1-11(2,3)15(4,5)14-10-7-8(12)6-9(10)13/h6,10,13H,7H2,1-5H3. The number of ketones is 1. The van der Waals surface area contributed by atoms with E-state index in [1.807, 2.05) is 0 Å². The first-order valence-corrected chi connectivity index (χ1v) is 8.15. The summed E-state index contributed by atoms with van der Waals surface area (Å²) < 4.78 is 5.95. The van der Waals surface area contributed by atoms with Crippen molar-refractivity contribution in [2.45, 2.75) is 51.4 Å². The fraction of sp³-hybridized carbons (Fsp3) is 0.727. The van der Waals surface area contributed by atoms with Crippen LogP contribution in [0, 0.1) is 0 Å². The van der Waals surface area contributed by atoms with Crippen LogP contribution < -0.4 is 0 Å². The molecule has 0 radical (unpaired) electrons. The summed E-state index contributed by atoms with van der Waals surface area (Å²) in [5, 5.41) is 9.62. The van der Waals surface area contributed by atoms with E-state index < -0.39 is 14.4 Å². The molecule has 86 valence electrons. The van der Waals surface area contributed by atoms with Crippen LogP contribution in [0.25, 0.3) is 0 Å². The van der Waals surface area contributed by atoms with Crippen molar-refractivity contribution < 1.29 is 14.3 Å². The lowest BCUT2D eigenvalue weighted by molar-refractivity contribution is -0.114. The molecule has 0 spiro atoms. The first kappa shape index (κ1) is 12.5. The highest BCUT2D eigenvalue weighted by atomic mass is 28.4. The van der Waals surface area contributed by atoms with Gasteiger partial charge >= 0.3 is 0 Å². The first-order chi connectivity index (χ1) is 6.63. The van der Waals surface area contributed by atoms with E-state index in [4.69, 9.17) is 4.43 Å². The SMILES string of the molecule is CC(C)(C)[Si](C)(C)OC1CC(=O)C=C1O. The minimum Gasteiger partial charge on any atom is -0.509 e. The van der Waals surface area contributed by atoms with Gasteiger partial charge < -0.3 is 9.53 Å². The maximum absolute atomic E-state index is 11.1. The second kappa shape index (κ2) is 3.76. The van der Waals surface area contributed by atoms with Crippen molar-refractivity contribution in [1.82, 2.24) is 0 Å². The fourth-order valence-electron chi connectivity index (χ4n) is 1.24. The van der Waals surface area contributed by atoms with Gasteiger partial charge in [0.1, 0.15) is 11.9 Å². The normalized spacial score (nSPS) is 23.1. The van der Waals surface area contributed by atoms with Crippen LogP contribution >= 0.6 is 0 Å². The Labute approximate surface area is 92.3 Å². The predicted octanol–water partition coefficient (Wildman–Crippen LogP) is 2.79. The molecule has 1 unspecified atom stereocenters. The van der Waals surface area contributed by atoms with Crippen molar-refractivity contribution >= 4 is 14.1 Å². The third kappa shape index (κ3) is 2.69. The van der Waals surface area contributed by atoms with E-state index in [1.165, 1.54) is 6.08 Å². The van der Waals surface area contributed by atoms with Crippen LogP contribution in [0.3, 0.4) is 0 Å². The van der Waals surface area contributed by atoms with Crippen LogP contribution in [-0.2, 0) is 9.22 Å². The molecule has 3 nitrogen and oxygen atoms in total. The molecule has 0 aromatic carbocycles. The Morgan fingerprint density at radius 3 is 2.33 bits per heavy atom. The monoisotopic (exact) mass is 228 g/mol. The lowest BCUT2D eigenvalue weighted by Crippen LogP contribution is -2.44. The second-order valence-corrected chi connectivity index (χ2v) is 10.4. The third-order valence-electron chi connectivity index (χ3n) is 3.27. The molecule has 0 aromatic rings. The molecule has 1 N–H and O–H groups in total. The van der Waals surface area contributed by atoms with Gasteiger partial charge in [0.05, 0.1) is 0 Å². The molecule has 0 aromatic heterocycles. The summed E-state index contributed by atoms with van der Waals surface area (Å²) in [6, 6.07) is 0. The van der Waals surface area contributed by atoms with Gasteiger partial charge in [-0.3, -0.25) is 4.79 Å². The number of rotatable bonds is 2. The van der Waals surface area contributed by atoms with Gasteiger partial charge in [-0.2, -0.15) is 0 Å². The topological polar surface area (TPSA) is 46.5 Å². The van der Waals surface area contributed by atoms with Crippen LogP contribution in [0.1, 0.15) is 27.2 Å². The number of aliphatic hydroxyl groups excluding tert-OH is 1. The van der Waals surface area contributed by atoms with E-state index in [-0.39, 0.29) is 16.6 Å². The maximum atomic E-state index is 11.1. The van der Waals surface area contributed by atoms with Gasteiger partial charge in [0.25, 0.3) is 0 Å². The van der Waals surface area contributed by atoms with Crippen LogP contribution in [0.4, 0.5) is 0 Å². The summed E-state index contributed by atoms with van der Waals surface area (Å²) in [6.07, 6.45) is 1.16. The molecule has 0 heterocycles. The number of allylic oxidation sites excluding steroid dienone is 1. The molecule has 0 aliphatic heterocycles. The Kier molecular flexibility index (Phi) is 3.12. The Hall–Kier alpha value is -0.613. The number of hydrogen-bond acceptors (Lipinski definition) is 3. The largest absolute Gasteiger partial charge is 0.509 e. The zero-order valence-corrected chi connectivity index (χ0v) is 11.1. The smallest absolute Gasteiger partial charge is 0.193 e. The van der Waals surface area contributed by atoms with Gasteiger partial charge in [0.15, 0.2) is 14.1 Å². The summed E-state index contributed by atoms with van der Waals surface area (Å²) in [6.45, 7) is 10.6. The maximum Gasteiger partial charge on any atom is 0.193 e. The Bertz CT molecular complexity index is 299. The van der Waals surface area contributed by atoms with Crippen LogP contribution in [0.5, 0.6) is 0 Å². The van der Waals surface area contributed by atoms with Crippen LogP contribution in [-0.4, -0.2) is 25.3 Å². The van der Waals surface area contributed by atoms with E-state index in [1.54, 1.807) is 0 Å². The minimum atomic E-state index is -1.89. The molecule has 0 fully saturated rings. The molecule has 0 amide bonds. The zero-order chi connectivity index (χ0) is 11.9. The molecule has 15 heavy (non-hydrogen) atoms. The zero-order valence-electron chi connectivity index (χ0n) is 10.1. The molecule has 1 aliphatic rings. The van der Waals surface area contributed by atoms with E-state index in [2.05, 4.69) is 33.9 Å². The molecule has 4 heteroatoms. The number of hydrogen-bond donors (Lipinski definition) is 1. The van der Waals surface area contributed by atoms with Gasteiger partial charge in [0, 0.05) is 12.5 Å². The quantitative estimate of drug-likeness (QED) is 0.739. The van der Waals surface area contributed by atoms with Gasteiger partial charge in [0.2, 0.25) is 0 Å². The number of carbonyl (C=O) groups excluding carboxylic acids is 1. The van der Waals surface area contributed by atoms with Gasteiger partial charge in [-0.05, 0) is 18.1 Å². The average molecular weight is 228 g/mol. The van der Waals surface area contributed by atoms with Crippen molar-refractivity contribution in [1.29, 1.82) is 0 Å². The average Bonchev–Trinajstić information content (AvgIpc) is 2.26. The predicted molar refractivity (Wildman–Crippen MR) is 62.4 cm³/mol. The number of carbonyl (C=O) groups is 1. The summed E-state index contributed by atoms with van der Waals surface area (Å²) >= 11 is 0. The highest BCUT2D eigenvalue weighted by Gasteiger charge is 2.41. The Morgan fingerprint density at radius 1 is 1.47 bits per heavy atom. The van der Waals surface area contributed by atoms with E-state index in [0.717, 1.165) is 0 Å². The van der Waals surface area contributed by atoms with Crippen molar-refractivity contribution in [3.05, 3.63) is 11.8 Å². The molecule has 1 aliphatic carbocycles. The lowest BCUT2D eigenvalue weighted by Gasteiger charge is -2.38.